The van der Waals surface area contributed by atoms with E-state index < -0.39 is 11.6 Å². The van der Waals surface area contributed by atoms with Crippen LogP contribution in [0, 0.1) is 17.5 Å². The van der Waals surface area contributed by atoms with Crippen molar-refractivity contribution in [1.82, 2.24) is 0 Å². The van der Waals surface area contributed by atoms with Crippen LogP contribution in [-0.4, -0.2) is 0 Å². The van der Waals surface area contributed by atoms with E-state index in [2.05, 4.69) is 0 Å². The van der Waals surface area contributed by atoms with Gasteiger partial charge in [-0.25, -0.2) is 13.2 Å². The number of hydrogen-bond acceptors (Lipinski definition) is 0. The van der Waals surface area contributed by atoms with Gasteiger partial charge in [0.1, 0.15) is 17.5 Å². The minimum atomic E-state index is -0.443. The summed E-state index contributed by atoms with van der Waals surface area (Å²) >= 11 is 0. The predicted molar refractivity (Wildman–Crippen MR) is 74.3 cm³/mol. The lowest BCUT2D eigenvalue weighted by molar-refractivity contribution is 0.566. The molecule has 1 atom stereocenters. The molecule has 0 radical (unpaired) electrons. The summed E-state index contributed by atoms with van der Waals surface area (Å²) < 4.78 is 40.3. The summed E-state index contributed by atoms with van der Waals surface area (Å²) in [6.45, 7) is 3.73. The Hall–Kier alpha value is -1.77. The predicted octanol–water partition coefficient (Wildman–Crippen LogP) is 5.01. The van der Waals surface area contributed by atoms with Crippen molar-refractivity contribution >= 4 is 0 Å². The molecule has 0 amide bonds. The van der Waals surface area contributed by atoms with E-state index in [0.29, 0.717) is 24.0 Å². The highest BCUT2D eigenvalue weighted by molar-refractivity contribution is 5.29. The second-order valence-corrected chi connectivity index (χ2v) is 5.05. The first-order valence-corrected chi connectivity index (χ1v) is 6.73. The second kappa shape index (κ2) is 6.12. The van der Waals surface area contributed by atoms with Gasteiger partial charge in [-0.15, -0.1) is 0 Å². The molecule has 0 spiro atoms. The standard InChI is InChI=1S/C17H17F3/c1-3-13-9-12(4-6-16(13)19)8-11(2)15-10-14(18)5-7-17(15)20/h4-7,9-11H,3,8H2,1-2H3. The van der Waals surface area contributed by atoms with Crippen LogP contribution in [0.2, 0.25) is 0 Å². The topological polar surface area (TPSA) is 0 Å². The van der Waals surface area contributed by atoms with Gasteiger partial charge in [-0.3, -0.25) is 0 Å². The van der Waals surface area contributed by atoms with Crippen molar-refractivity contribution in [2.45, 2.75) is 32.6 Å². The lowest BCUT2D eigenvalue weighted by Gasteiger charge is -2.14. The molecule has 0 aromatic heterocycles. The minimum absolute atomic E-state index is 0.166. The lowest BCUT2D eigenvalue weighted by atomic mass is 9.92. The maximum atomic E-state index is 13.7. The van der Waals surface area contributed by atoms with Crippen LogP contribution in [0.25, 0.3) is 0 Å². The summed E-state index contributed by atoms with van der Waals surface area (Å²) in [5.74, 6) is -1.24. The Morgan fingerprint density at radius 1 is 0.950 bits per heavy atom. The largest absolute Gasteiger partial charge is 0.207 e. The highest BCUT2D eigenvalue weighted by Gasteiger charge is 2.13. The van der Waals surface area contributed by atoms with Crippen LogP contribution in [0.5, 0.6) is 0 Å². The summed E-state index contributed by atoms with van der Waals surface area (Å²) in [4.78, 5) is 0. The van der Waals surface area contributed by atoms with Crippen molar-refractivity contribution in [3.63, 3.8) is 0 Å². The van der Waals surface area contributed by atoms with Crippen molar-refractivity contribution in [2.24, 2.45) is 0 Å². The first-order chi connectivity index (χ1) is 9.51. The zero-order valence-electron chi connectivity index (χ0n) is 11.6. The molecular weight excluding hydrogens is 261 g/mol. The van der Waals surface area contributed by atoms with E-state index in [1.807, 2.05) is 13.8 Å². The quantitative estimate of drug-likeness (QED) is 0.737. The van der Waals surface area contributed by atoms with Crippen LogP contribution in [-0.2, 0) is 12.8 Å². The van der Waals surface area contributed by atoms with Crippen molar-refractivity contribution in [3.05, 3.63) is 70.5 Å². The van der Waals surface area contributed by atoms with Gasteiger partial charge >= 0.3 is 0 Å². The monoisotopic (exact) mass is 278 g/mol. The number of rotatable bonds is 4. The van der Waals surface area contributed by atoms with E-state index in [4.69, 9.17) is 0 Å². The van der Waals surface area contributed by atoms with Crippen molar-refractivity contribution < 1.29 is 13.2 Å². The number of hydrogen-bond donors (Lipinski definition) is 0. The molecule has 2 aromatic carbocycles. The van der Waals surface area contributed by atoms with Gasteiger partial charge in [0, 0.05) is 0 Å². The molecule has 0 N–H and O–H groups in total. The molecule has 0 bridgehead atoms. The average Bonchev–Trinajstić information content (AvgIpc) is 2.43. The molecule has 0 nitrogen and oxygen atoms in total. The molecule has 3 heteroatoms. The first kappa shape index (κ1) is 14.6. The third-order valence-corrected chi connectivity index (χ3v) is 3.52. The van der Waals surface area contributed by atoms with Crippen molar-refractivity contribution in [3.8, 4) is 0 Å². The summed E-state index contributed by atoms with van der Waals surface area (Å²) in [5.41, 5.74) is 1.93. The van der Waals surface area contributed by atoms with Gasteiger partial charge in [0.25, 0.3) is 0 Å². The summed E-state index contributed by atoms with van der Waals surface area (Å²) in [6, 6.07) is 8.40. The Morgan fingerprint density at radius 3 is 2.35 bits per heavy atom. The molecule has 0 saturated heterocycles. The van der Waals surface area contributed by atoms with E-state index in [-0.39, 0.29) is 11.7 Å². The molecule has 0 fully saturated rings. The molecule has 0 aliphatic carbocycles. The minimum Gasteiger partial charge on any atom is -0.207 e. The first-order valence-electron chi connectivity index (χ1n) is 6.73. The normalized spacial score (nSPS) is 12.4. The molecule has 2 aromatic rings. The fraction of sp³-hybridized carbons (Fsp3) is 0.294. The smallest absolute Gasteiger partial charge is 0.126 e. The fourth-order valence-corrected chi connectivity index (χ4v) is 2.38. The van der Waals surface area contributed by atoms with Gasteiger partial charge in [0.05, 0.1) is 0 Å². The fourth-order valence-electron chi connectivity index (χ4n) is 2.38. The number of aryl methyl sites for hydroxylation is 1. The molecule has 0 saturated carbocycles. The van der Waals surface area contributed by atoms with Gasteiger partial charge < -0.3 is 0 Å². The number of benzene rings is 2. The second-order valence-electron chi connectivity index (χ2n) is 5.05. The highest BCUT2D eigenvalue weighted by Crippen LogP contribution is 2.25. The maximum absolute atomic E-state index is 13.7. The zero-order valence-corrected chi connectivity index (χ0v) is 11.6. The maximum Gasteiger partial charge on any atom is 0.126 e. The summed E-state index contributed by atoms with van der Waals surface area (Å²) in [5, 5.41) is 0. The SMILES string of the molecule is CCc1cc(CC(C)c2cc(F)ccc2F)ccc1F. The van der Waals surface area contributed by atoms with Crippen LogP contribution in [0.15, 0.2) is 36.4 Å². The Bertz CT molecular complexity index is 605. The third kappa shape index (κ3) is 3.21. The Morgan fingerprint density at radius 2 is 1.65 bits per heavy atom. The number of halogens is 3. The lowest BCUT2D eigenvalue weighted by Crippen LogP contribution is -2.03. The highest BCUT2D eigenvalue weighted by atomic mass is 19.1. The molecule has 1 unspecified atom stereocenters. The van der Waals surface area contributed by atoms with E-state index in [1.165, 1.54) is 12.1 Å². The molecule has 0 aliphatic heterocycles. The molecule has 2 rings (SSSR count). The summed E-state index contributed by atoms with van der Waals surface area (Å²) in [6.07, 6.45) is 1.16. The third-order valence-electron chi connectivity index (χ3n) is 3.52. The van der Waals surface area contributed by atoms with Gasteiger partial charge in [0.15, 0.2) is 0 Å². The average molecular weight is 278 g/mol. The van der Waals surface area contributed by atoms with Crippen LogP contribution >= 0.6 is 0 Å². The summed E-state index contributed by atoms with van der Waals surface area (Å²) in [7, 11) is 0. The van der Waals surface area contributed by atoms with Crippen LogP contribution in [0.1, 0.15) is 36.5 Å². The Labute approximate surface area is 117 Å². The van der Waals surface area contributed by atoms with Gasteiger partial charge in [-0.2, -0.15) is 0 Å². The van der Waals surface area contributed by atoms with Gasteiger partial charge in [-0.05, 0) is 59.7 Å². The molecular formula is C17H17F3. The zero-order chi connectivity index (χ0) is 14.7. The van der Waals surface area contributed by atoms with Gasteiger partial charge in [0.2, 0.25) is 0 Å². The Kier molecular flexibility index (Phi) is 4.48. The molecule has 20 heavy (non-hydrogen) atoms. The van der Waals surface area contributed by atoms with E-state index in [9.17, 15) is 13.2 Å². The van der Waals surface area contributed by atoms with E-state index in [1.54, 1.807) is 12.1 Å². The van der Waals surface area contributed by atoms with Crippen LogP contribution < -0.4 is 0 Å². The van der Waals surface area contributed by atoms with Crippen molar-refractivity contribution in [2.75, 3.05) is 0 Å². The van der Waals surface area contributed by atoms with Gasteiger partial charge in [-0.1, -0.05) is 26.0 Å². The van der Waals surface area contributed by atoms with Crippen LogP contribution in [0.3, 0.4) is 0 Å². The Balaban J connectivity index is 2.23. The van der Waals surface area contributed by atoms with E-state index >= 15 is 0 Å². The van der Waals surface area contributed by atoms with Crippen molar-refractivity contribution in [1.29, 1.82) is 0 Å². The van der Waals surface area contributed by atoms with E-state index in [0.717, 1.165) is 17.7 Å². The van der Waals surface area contributed by atoms with Crippen LogP contribution in [0.4, 0.5) is 13.2 Å². The molecule has 0 heterocycles. The molecule has 106 valence electrons. The molecule has 0 aliphatic rings.